The summed E-state index contributed by atoms with van der Waals surface area (Å²) in [7, 11) is 1.47. The SMILES string of the molecule is COc1ccc2c(c1)c(OC(=O)c1c(Cl)cncc1Cl)nn2Cc1c(F)cccc1F. The highest BCUT2D eigenvalue weighted by Gasteiger charge is 2.22. The van der Waals surface area contributed by atoms with Crippen LogP contribution in [0.4, 0.5) is 8.78 Å². The minimum atomic E-state index is -0.858. The number of esters is 1. The number of pyridine rings is 1. The van der Waals surface area contributed by atoms with Crippen molar-refractivity contribution in [2.24, 2.45) is 0 Å². The fourth-order valence-corrected chi connectivity index (χ4v) is 3.55. The molecule has 31 heavy (non-hydrogen) atoms. The van der Waals surface area contributed by atoms with Crippen LogP contribution >= 0.6 is 23.2 Å². The Morgan fingerprint density at radius 3 is 2.42 bits per heavy atom. The second kappa shape index (κ2) is 8.49. The maximum atomic E-state index is 14.2. The minimum absolute atomic E-state index is 0.00671. The molecule has 0 fully saturated rings. The summed E-state index contributed by atoms with van der Waals surface area (Å²) in [5, 5.41) is 4.66. The largest absolute Gasteiger partial charge is 0.497 e. The average molecular weight is 464 g/mol. The molecule has 0 atom stereocenters. The predicted molar refractivity (Wildman–Crippen MR) is 111 cm³/mol. The van der Waals surface area contributed by atoms with E-state index < -0.39 is 17.6 Å². The summed E-state index contributed by atoms with van der Waals surface area (Å²) in [6.07, 6.45) is 2.51. The van der Waals surface area contributed by atoms with Crippen molar-refractivity contribution in [2.45, 2.75) is 6.54 Å². The summed E-state index contributed by atoms with van der Waals surface area (Å²) in [6.45, 7) is -0.227. The Kier molecular flexibility index (Phi) is 5.75. The van der Waals surface area contributed by atoms with Crippen LogP contribution in [-0.2, 0) is 6.54 Å². The minimum Gasteiger partial charge on any atom is -0.497 e. The van der Waals surface area contributed by atoms with E-state index in [9.17, 15) is 13.6 Å². The molecule has 0 saturated carbocycles. The van der Waals surface area contributed by atoms with Gasteiger partial charge in [-0.05, 0) is 30.3 Å². The van der Waals surface area contributed by atoms with Gasteiger partial charge in [0.25, 0.3) is 0 Å². The third-order valence-corrected chi connectivity index (χ3v) is 5.11. The molecule has 0 aliphatic carbocycles. The van der Waals surface area contributed by atoms with Crippen LogP contribution in [0.25, 0.3) is 10.9 Å². The zero-order chi connectivity index (χ0) is 22.1. The number of aromatic nitrogens is 3. The summed E-state index contributed by atoms with van der Waals surface area (Å²) in [4.78, 5) is 16.5. The van der Waals surface area contributed by atoms with Crippen LogP contribution in [-0.4, -0.2) is 27.8 Å². The van der Waals surface area contributed by atoms with E-state index >= 15 is 0 Å². The van der Waals surface area contributed by atoms with E-state index in [1.165, 1.54) is 30.3 Å². The highest BCUT2D eigenvalue weighted by atomic mass is 35.5. The molecule has 158 valence electrons. The Hall–Kier alpha value is -3.23. The van der Waals surface area contributed by atoms with Crippen LogP contribution < -0.4 is 9.47 Å². The normalized spacial score (nSPS) is 11.0. The van der Waals surface area contributed by atoms with Crippen LogP contribution in [0.15, 0.2) is 48.8 Å². The van der Waals surface area contributed by atoms with Gasteiger partial charge in [0.2, 0.25) is 5.88 Å². The standard InChI is InChI=1S/C21H13Cl2F2N3O3/c1-30-11-5-6-18-12(7-11)20(31-21(29)19-14(22)8-26-9-15(19)23)27-28(18)10-13-16(24)3-2-4-17(13)25/h2-9H,10H2,1H3. The van der Waals surface area contributed by atoms with E-state index in [1.807, 2.05) is 0 Å². The number of methoxy groups -OCH3 is 1. The fraction of sp³-hybridized carbons (Fsp3) is 0.0952. The summed E-state index contributed by atoms with van der Waals surface area (Å²) < 4.78 is 40.3. The molecule has 6 nitrogen and oxygen atoms in total. The molecule has 0 bridgehead atoms. The molecule has 0 amide bonds. The second-order valence-corrected chi connectivity index (χ2v) is 7.23. The zero-order valence-corrected chi connectivity index (χ0v) is 17.4. The van der Waals surface area contributed by atoms with E-state index in [-0.39, 0.29) is 33.6 Å². The van der Waals surface area contributed by atoms with E-state index in [4.69, 9.17) is 32.7 Å². The van der Waals surface area contributed by atoms with Crippen molar-refractivity contribution in [3.8, 4) is 11.6 Å². The number of carbonyl (C=O) groups excluding carboxylic acids is 1. The summed E-state index contributed by atoms with van der Waals surface area (Å²) in [5.41, 5.74) is 0.211. The van der Waals surface area contributed by atoms with Crippen molar-refractivity contribution >= 4 is 40.1 Å². The maximum Gasteiger partial charge on any atom is 0.348 e. The highest BCUT2D eigenvalue weighted by Crippen LogP contribution is 2.32. The van der Waals surface area contributed by atoms with E-state index in [0.717, 1.165) is 12.1 Å². The van der Waals surface area contributed by atoms with E-state index in [2.05, 4.69) is 10.1 Å². The molecule has 2 aromatic carbocycles. The number of nitrogens with zero attached hydrogens (tertiary/aromatic N) is 3. The number of rotatable bonds is 5. The van der Waals surface area contributed by atoms with Gasteiger partial charge in [-0.1, -0.05) is 29.3 Å². The van der Waals surface area contributed by atoms with Crippen molar-refractivity contribution < 1.29 is 23.0 Å². The smallest absolute Gasteiger partial charge is 0.348 e. The fourth-order valence-electron chi connectivity index (χ4n) is 3.03. The molecule has 2 aromatic heterocycles. The third-order valence-electron chi connectivity index (χ3n) is 4.54. The maximum absolute atomic E-state index is 14.2. The van der Waals surface area contributed by atoms with Gasteiger partial charge in [0.15, 0.2) is 0 Å². The number of carbonyl (C=O) groups is 1. The van der Waals surface area contributed by atoms with Gasteiger partial charge in [-0.3, -0.25) is 9.67 Å². The molecule has 4 aromatic rings. The first-order valence-corrected chi connectivity index (χ1v) is 9.63. The molecular weight excluding hydrogens is 451 g/mol. The first-order valence-electron chi connectivity index (χ1n) is 8.87. The lowest BCUT2D eigenvalue weighted by molar-refractivity contribution is 0.0728. The number of benzene rings is 2. The van der Waals surface area contributed by atoms with Crippen LogP contribution in [0.5, 0.6) is 11.6 Å². The lowest BCUT2D eigenvalue weighted by Gasteiger charge is -2.06. The molecular formula is C21H13Cl2F2N3O3. The second-order valence-electron chi connectivity index (χ2n) is 6.41. The third kappa shape index (κ3) is 4.04. The van der Waals surface area contributed by atoms with Crippen molar-refractivity contribution in [2.75, 3.05) is 7.11 Å². The summed E-state index contributed by atoms with van der Waals surface area (Å²) >= 11 is 12.1. The van der Waals surface area contributed by atoms with Gasteiger partial charge in [-0.15, -0.1) is 5.10 Å². The quantitative estimate of drug-likeness (QED) is 0.376. The van der Waals surface area contributed by atoms with E-state index in [1.54, 1.807) is 18.2 Å². The molecule has 0 N–H and O–H groups in total. The highest BCUT2D eigenvalue weighted by molar-refractivity contribution is 6.39. The van der Waals surface area contributed by atoms with Crippen molar-refractivity contribution in [3.63, 3.8) is 0 Å². The zero-order valence-electron chi connectivity index (χ0n) is 15.9. The summed E-state index contributed by atoms with van der Waals surface area (Å²) in [6, 6.07) is 8.47. The van der Waals surface area contributed by atoms with Gasteiger partial charge >= 0.3 is 5.97 Å². The molecule has 0 spiro atoms. The molecule has 0 saturated heterocycles. The molecule has 4 rings (SSSR count). The lowest BCUT2D eigenvalue weighted by atomic mass is 10.2. The Balaban J connectivity index is 1.79. The van der Waals surface area contributed by atoms with Gasteiger partial charge in [-0.25, -0.2) is 13.6 Å². The van der Waals surface area contributed by atoms with Gasteiger partial charge in [-0.2, -0.15) is 0 Å². The first-order chi connectivity index (χ1) is 14.9. The van der Waals surface area contributed by atoms with Crippen LogP contribution in [0.1, 0.15) is 15.9 Å². The van der Waals surface area contributed by atoms with Gasteiger partial charge in [0.1, 0.15) is 22.9 Å². The first kappa shape index (κ1) is 21.0. The van der Waals surface area contributed by atoms with Crippen LogP contribution in [0.2, 0.25) is 10.0 Å². The van der Waals surface area contributed by atoms with Crippen molar-refractivity contribution in [1.82, 2.24) is 14.8 Å². The van der Waals surface area contributed by atoms with Crippen molar-refractivity contribution in [1.29, 1.82) is 0 Å². The molecule has 2 heterocycles. The Morgan fingerprint density at radius 1 is 1.10 bits per heavy atom. The molecule has 0 unspecified atom stereocenters. The molecule has 0 aliphatic rings. The van der Waals surface area contributed by atoms with Gasteiger partial charge in [0.05, 0.1) is 34.6 Å². The topological polar surface area (TPSA) is 66.2 Å². The van der Waals surface area contributed by atoms with Gasteiger partial charge in [0, 0.05) is 18.0 Å². The summed E-state index contributed by atoms with van der Waals surface area (Å²) in [5.74, 6) is -1.91. The Labute approximate surface area is 184 Å². The van der Waals surface area contributed by atoms with Crippen LogP contribution in [0, 0.1) is 11.6 Å². The Morgan fingerprint density at radius 2 is 1.77 bits per heavy atom. The number of hydrogen-bond donors (Lipinski definition) is 0. The molecule has 0 aliphatic heterocycles. The molecule has 0 radical (unpaired) electrons. The monoisotopic (exact) mass is 463 g/mol. The van der Waals surface area contributed by atoms with E-state index in [0.29, 0.717) is 16.7 Å². The lowest BCUT2D eigenvalue weighted by Crippen LogP contribution is -2.11. The van der Waals surface area contributed by atoms with Crippen LogP contribution in [0.3, 0.4) is 0 Å². The number of fused-ring (bicyclic) bond motifs is 1. The van der Waals surface area contributed by atoms with Crippen molar-refractivity contribution in [3.05, 3.63) is 81.6 Å². The average Bonchev–Trinajstić information content (AvgIpc) is 3.07. The number of hydrogen-bond acceptors (Lipinski definition) is 5. The number of ether oxygens (including phenoxy) is 2. The predicted octanol–water partition coefficient (Wildman–Crippen LogP) is 5.29. The number of halogens is 4. The molecule has 10 heteroatoms. The Bertz CT molecular complexity index is 1270. The van der Waals surface area contributed by atoms with Gasteiger partial charge < -0.3 is 9.47 Å².